The number of methoxy groups -OCH3 is 2. The lowest BCUT2D eigenvalue weighted by Crippen LogP contribution is -2.28. The van der Waals surface area contributed by atoms with Gasteiger partial charge in [-0.2, -0.15) is 0 Å². The molecule has 0 amide bonds. The van der Waals surface area contributed by atoms with E-state index in [2.05, 4.69) is 0 Å². The van der Waals surface area contributed by atoms with Gasteiger partial charge in [-0.05, 0) is 18.6 Å². The lowest BCUT2D eigenvalue weighted by Gasteiger charge is -2.19. The molecule has 5 nitrogen and oxygen atoms in total. The Morgan fingerprint density at radius 1 is 1.21 bits per heavy atom. The first-order valence-electron chi connectivity index (χ1n) is 6.15. The van der Waals surface area contributed by atoms with Crippen LogP contribution in [-0.2, 0) is 10.0 Å². The number of benzene rings is 1. The first-order valence-corrected chi connectivity index (χ1v) is 7.59. The van der Waals surface area contributed by atoms with Crippen molar-refractivity contribution in [2.45, 2.75) is 24.7 Å². The molecule has 0 atom stereocenters. The van der Waals surface area contributed by atoms with Crippen LogP contribution < -0.4 is 9.47 Å². The van der Waals surface area contributed by atoms with E-state index in [1.807, 2.05) is 6.92 Å². The number of sulfonamides is 1. The number of ether oxygens (including phenoxy) is 2. The summed E-state index contributed by atoms with van der Waals surface area (Å²) >= 11 is 0. The van der Waals surface area contributed by atoms with Gasteiger partial charge in [0, 0.05) is 19.7 Å². The van der Waals surface area contributed by atoms with Crippen LogP contribution >= 0.6 is 0 Å². The number of hydrogen-bond donors (Lipinski definition) is 0. The zero-order valence-corrected chi connectivity index (χ0v) is 12.7. The Hall–Kier alpha value is -1.27. The molecule has 1 aromatic rings. The molecule has 0 aromatic heterocycles. The van der Waals surface area contributed by atoms with Gasteiger partial charge in [-0.15, -0.1) is 0 Å². The van der Waals surface area contributed by atoms with Crippen molar-refractivity contribution in [1.82, 2.24) is 4.31 Å². The largest absolute Gasteiger partial charge is 0.497 e. The van der Waals surface area contributed by atoms with Crippen molar-refractivity contribution in [3.63, 3.8) is 0 Å². The summed E-state index contributed by atoms with van der Waals surface area (Å²) in [5, 5.41) is 0. The van der Waals surface area contributed by atoms with E-state index >= 15 is 0 Å². The first-order chi connectivity index (χ1) is 8.97. The predicted molar refractivity (Wildman–Crippen MR) is 74.3 cm³/mol. The van der Waals surface area contributed by atoms with Gasteiger partial charge in [0.05, 0.1) is 14.2 Å². The average molecular weight is 287 g/mol. The van der Waals surface area contributed by atoms with Crippen molar-refractivity contribution in [1.29, 1.82) is 0 Å². The molecule has 0 fully saturated rings. The summed E-state index contributed by atoms with van der Waals surface area (Å²) in [5.74, 6) is 0.812. The molecule has 0 saturated heterocycles. The fraction of sp³-hybridized carbons (Fsp3) is 0.538. The van der Waals surface area contributed by atoms with Gasteiger partial charge in [0.15, 0.2) is 0 Å². The number of nitrogens with zero attached hydrogens (tertiary/aromatic N) is 1. The van der Waals surface area contributed by atoms with Gasteiger partial charge in [-0.25, -0.2) is 12.7 Å². The van der Waals surface area contributed by atoms with Crippen molar-refractivity contribution in [2.24, 2.45) is 0 Å². The molecule has 1 rings (SSSR count). The standard InChI is InChI=1S/C13H21NO4S/c1-5-6-9-14(2)19(15,16)13-10-11(17-3)7-8-12(13)18-4/h7-8,10H,5-6,9H2,1-4H3. The number of rotatable bonds is 7. The van der Waals surface area contributed by atoms with Crippen LogP contribution in [0.4, 0.5) is 0 Å². The molecule has 108 valence electrons. The van der Waals surface area contributed by atoms with Crippen LogP contribution in [0.5, 0.6) is 11.5 Å². The molecule has 0 unspecified atom stereocenters. The van der Waals surface area contributed by atoms with Gasteiger partial charge in [0.25, 0.3) is 0 Å². The maximum atomic E-state index is 12.5. The van der Waals surface area contributed by atoms with Gasteiger partial charge < -0.3 is 9.47 Å². The third-order valence-corrected chi connectivity index (χ3v) is 4.76. The minimum absolute atomic E-state index is 0.132. The van der Waals surface area contributed by atoms with Crippen LogP contribution in [0.2, 0.25) is 0 Å². The summed E-state index contributed by atoms with van der Waals surface area (Å²) in [6, 6.07) is 4.75. The summed E-state index contributed by atoms with van der Waals surface area (Å²) < 4.78 is 36.5. The third kappa shape index (κ3) is 3.61. The third-order valence-electron chi connectivity index (χ3n) is 2.89. The zero-order valence-electron chi connectivity index (χ0n) is 11.8. The highest BCUT2D eigenvalue weighted by Gasteiger charge is 2.25. The van der Waals surface area contributed by atoms with E-state index in [4.69, 9.17) is 9.47 Å². The van der Waals surface area contributed by atoms with E-state index < -0.39 is 10.0 Å². The Labute approximate surface area is 115 Å². The normalized spacial score (nSPS) is 11.6. The molecule has 0 saturated carbocycles. The predicted octanol–water partition coefficient (Wildman–Crippen LogP) is 2.12. The quantitative estimate of drug-likeness (QED) is 0.771. The molecule has 0 spiro atoms. The minimum Gasteiger partial charge on any atom is -0.497 e. The zero-order chi connectivity index (χ0) is 14.5. The van der Waals surface area contributed by atoms with Crippen LogP contribution in [0.3, 0.4) is 0 Å². The molecule has 6 heteroatoms. The highest BCUT2D eigenvalue weighted by atomic mass is 32.2. The summed E-state index contributed by atoms with van der Waals surface area (Å²) in [4.78, 5) is 0.132. The summed E-state index contributed by atoms with van der Waals surface area (Å²) in [5.41, 5.74) is 0. The SMILES string of the molecule is CCCCN(C)S(=O)(=O)c1cc(OC)ccc1OC. The van der Waals surface area contributed by atoms with Gasteiger partial charge >= 0.3 is 0 Å². The van der Waals surface area contributed by atoms with Crippen LogP contribution in [0.25, 0.3) is 0 Å². The molecule has 0 radical (unpaired) electrons. The lowest BCUT2D eigenvalue weighted by atomic mass is 10.3. The monoisotopic (exact) mass is 287 g/mol. The Morgan fingerprint density at radius 2 is 1.89 bits per heavy atom. The Morgan fingerprint density at radius 3 is 2.42 bits per heavy atom. The Kier molecular flexibility index (Phi) is 5.62. The van der Waals surface area contributed by atoms with Crippen molar-refractivity contribution < 1.29 is 17.9 Å². The molecule has 0 bridgehead atoms. The summed E-state index contributed by atoms with van der Waals surface area (Å²) in [6.45, 7) is 2.51. The fourth-order valence-electron chi connectivity index (χ4n) is 1.65. The Bertz CT molecular complexity index is 513. The molecule has 1 aromatic carbocycles. The molecule has 0 N–H and O–H groups in total. The van der Waals surface area contributed by atoms with E-state index in [1.165, 1.54) is 24.6 Å². The van der Waals surface area contributed by atoms with E-state index in [1.54, 1.807) is 19.2 Å². The van der Waals surface area contributed by atoms with E-state index in [0.29, 0.717) is 18.0 Å². The average Bonchev–Trinajstić information content (AvgIpc) is 2.43. The van der Waals surface area contributed by atoms with Gasteiger partial charge in [0.1, 0.15) is 16.4 Å². The molecule has 0 aliphatic carbocycles. The lowest BCUT2D eigenvalue weighted by molar-refractivity contribution is 0.388. The second-order valence-corrected chi connectivity index (χ2v) is 6.21. The van der Waals surface area contributed by atoms with Crippen molar-refractivity contribution >= 4 is 10.0 Å². The summed E-state index contributed by atoms with van der Waals surface area (Å²) in [6.07, 6.45) is 1.76. The van der Waals surface area contributed by atoms with Gasteiger partial charge in [-0.3, -0.25) is 0 Å². The van der Waals surface area contributed by atoms with E-state index in [-0.39, 0.29) is 4.90 Å². The summed E-state index contributed by atoms with van der Waals surface area (Å²) in [7, 11) is 0.965. The molecule has 19 heavy (non-hydrogen) atoms. The molecule has 0 heterocycles. The second kappa shape index (κ2) is 6.77. The number of hydrogen-bond acceptors (Lipinski definition) is 4. The minimum atomic E-state index is -3.56. The van der Waals surface area contributed by atoms with Crippen LogP contribution in [0.15, 0.2) is 23.1 Å². The van der Waals surface area contributed by atoms with Gasteiger partial charge in [-0.1, -0.05) is 13.3 Å². The first kappa shape index (κ1) is 15.8. The fourth-order valence-corrected chi connectivity index (χ4v) is 3.03. The molecule has 0 aliphatic heterocycles. The van der Waals surface area contributed by atoms with E-state index in [0.717, 1.165) is 12.8 Å². The molecule has 0 aliphatic rings. The smallest absolute Gasteiger partial charge is 0.246 e. The highest BCUT2D eigenvalue weighted by molar-refractivity contribution is 7.89. The van der Waals surface area contributed by atoms with Crippen molar-refractivity contribution in [3.05, 3.63) is 18.2 Å². The maximum Gasteiger partial charge on any atom is 0.246 e. The van der Waals surface area contributed by atoms with E-state index in [9.17, 15) is 8.42 Å². The maximum absolute atomic E-state index is 12.5. The van der Waals surface area contributed by atoms with Crippen LogP contribution in [0, 0.1) is 0 Å². The second-order valence-electron chi connectivity index (χ2n) is 4.20. The molecular weight excluding hydrogens is 266 g/mol. The highest BCUT2D eigenvalue weighted by Crippen LogP contribution is 2.30. The Balaban J connectivity index is 3.18. The topological polar surface area (TPSA) is 55.8 Å². The van der Waals surface area contributed by atoms with Crippen molar-refractivity contribution in [2.75, 3.05) is 27.8 Å². The molecular formula is C13H21NO4S. The van der Waals surface area contributed by atoms with Gasteiger partial charge in [0.2, 0.25) is 10.0 Å². The number of unbranched alkanes of at least 4 members (excludes halogenated alkanes) is 1. The van der Waals surface area contributed by atoms with Crippen LogP contribution in [0.1, 0.15) is 19.8 Å². The van der Waals surface area contributed by atoms with Crippen LogP contribution in [-0.4, -0.2) is 40.5 Å². The van der Waals surface area contributed by atoms with Crippen molar-refractivity contribution in [3.8, 4) is 11.5 Å².